The minimum absolute atomic E-state index is 0.0111. The molecule has 0 aliphatic carbocycles. The number of para-hydroxylation sites is 2. The topological polar surface area (TPSA) is 58.1 Å². The van der Waals surface area contributed by atoms with Gasteiger partial charge in [0.25, 0.3) is 5.91 Å². The van der Waals surface area contributed by atoms with E-state index in [0.29, 0.717) is 17.7 Å². The van der Waals surface area contributed by atoms with Crippen molar-refractivity contribution in [3.63, 3.8) is 0 Å². The van der Waals surface area contributed by atoms with Crippen LogP contribution in [-0.4, -0.2) is 45.9 Å². The highest BCUT2D eigenvalue weighted by Crippen LogP contribution is 2.33. The molecular weight excluding hydrogens is 264 g/mol. The zero-order valence-electron chi connectivity index (χ0n) is 12.0. The summed E-state index contributed by atoms with van der Waals surface area (Å²) in [6, 6.07) is 8.23. The summed E-state index contributed by atoms with van der Waals surface area (Å²) in [7, 11) is 0. The molecule has 1 aromatic heterocycles. The van der Waals surface area contributed by atoms with Gasteiger partial charge in [-0.1, -0.05) is 12.1 Å². The second-order valence-electron chi connectivity index (χ2n) is 6.03. The van der Waals surface area contributed by atoms with E-state index in [4.69, 9.17) is 0 Å². The van der Waals surface area contributed by atoms with Gasteiger partial charge in [-0.25, -0.2) is 4.98 Å². The quantitative estimate of drug-likeness (QED) is 0.860. The number of hydrogen-bond acceptors (Lipinski definition) is 4. The molecule has 0 spiro atoms. The Hall–Kier alpha value is -2.01. The predicted octanol–water partition coefficient (Wildman–Crippen LogP) is 1.45. The van der Waals surface area contributed by atoms with Crippen LogP contribution in [0.5, 0.6) is 0 Å². The maximum Gasteiger partial charge on any atom is 0.274 e. The molecule has 3 atom stereocenters. The third-order valence-electron chi connectivity index (χ3n) is 4.68. The van der Waals surface area contributed by atoms with E-state index in [1.165, 1.54) is 0 Å². The van der Waals surface area contributed by atoms with E-state index in [1.807, 2.05) is 29.2 Å². The first kappa shape index (κ1) is 12.7. The van der Waals surface area contributed by atoms with E-state index >= 15 is 0 Å². The Labute approximate surface area is 123 Å². The maximum absolute atomic E-state index is 12.8. The van der Waals surface area contributed by atoms with Crippen molar-refractivity contribution in [1.29, 1.82) is 0 Å². The van der Waals surface area contributed by atoms with Crippen LogP contribution in [0.1, 0.15) is 23.8 Å². The first-order chi connectivity index (χ1) is 10.2. The van der Waals surface area contributed by atoms with Crippen molar-refractivity contribution in [3.05, 3.63) is 36.2 Å². The van der Waals surface area contributed by atoms with E-state index < -0.39 is 0 Å². The second-order valence-corrected chi connectivity index (χ2v) is 6.03. The molecule has 1 amide bonds. The highest BCUT2D eigenvalue weighted by atomic mass is 16.2. The fraction of sp³-hybridized carbons (Fsp3) is 0.438. The standard InChI is InChI=1S/C16H18N4O/c1-10-6-11-7-17-9-15(11)20(10)16(21)14-8-18-12-4-2-3-5-13(12)19-14/h2-5,8,10-11,15,17H,6-7,9H2,1H3. The van der Waals surface area contributed by atoms with Crippen LogP contribution in [0.25, 0.3) is 11.0 Å². The lowest BCUT2D eigenvalue weighted by Crippen LogP contribution is -2.43. The molecule has 0 bridgehead atoms. The van der Waals surface area contributed by atoms with Gasteiger partial charge in [-0.2, -0.15) is 0 Å². The zero-order valence-corrected chi connectivity index (χ0v) is 12.0. The van der Waals surface area contributed by atoms with Gasteiger partial charge in [0.2, 0.25) is 0 Å². The molecule has 108 valence electrons. The van der Waals surface area contributed by atoms with E-state index in [1.54, 1.807) is 6.20 Å². The van der Waals surface area contributed by atoms with Crippen LogP contribution in [0.15, 0.2) is 30.5 Å². The molecule has 5 nitrogen and oxygen atoms in total. The Morgan fingerprint density at radius 1 is 1.29 bits per heavy atom. The average molecular weight is 282 g/mol. The predicted molar refractivity (Wildman–Crippen MR) is 79.9 cm³/mol. The molecule has 3 unspecified atom stereocenters. The molecule has 1 N–H and O–H groups in total. The number of nitrogens with zero attached hydrogens (tertiary/aromatic N) is 3. The molecule has 1 aromatic carbocycles. The van der Waals surface area contributed by atoms with Gasteiger partial charge < -0.3 is 10.2 Å². The number of carbonyl (C=O) groups excluding carboxylic acids is 1. The summed E-state index contributed by atoms with van der Waals surface area (Å²) in [4.78, 5) is 23.7. The average Bonchev–Trinajstić information content (AvgIpc) is 3.06. The molecule has 5 heteroatoms. The number of fused-ring (bicyclic) bond motifs is 2. The lowest BCUT2D eigenvalue weighted by atomic mass is 10.0. The third-order valence-corrected chi connectivity index (χ3v) is 4.68. The van der Waals surface area contributed by atoms with E-state index in [9.17, 15) is 4.79 Å². The summed E-state index contributed by atoms with van der Waals surface area (Å²) in [5.41, 5.74) is 2.05. The third kappa shape index (κ3) is 2.00. The molecule has 2 saturated heterocycles. The van der Waals surface area contributed by atoms with Gasteiger partial charge >= 0.3 is 0 Å². The van der Waals surface area contributed by atoms with Gasteiger partial charge in [0, 0.05) is 25.2 Å². The van der Waals surface area contributed by atoms with Gasteiger partial charge in [0.05, 0.1) is 17.2 Å². The minimum Gasteiger partial charge on any atom is -0.330 e. The van der Waals surface area contributed by atoms with Gasteiger partial charge in [0.1, 0.15) is 5.69 Å². The summed E-state index contributed by atoms with van der Waals surface area (Å²) in [6.45, 7) is 4.04. The first-order valence-electron chi connectivity index (χ1n) is 7.49. The Morgan fingerprint density at radius 2 is 2.10 bits per heavy atom. The summed E-state index contributed by atoms with van der Waals surface area (Å²) in [5, 5.41) is 3.38. The van der Waals surface area contributed by atoms with Crippen molar-refractivity contribution in [2.45, 2.75) is 25.4 Å². The molecular formula is C16H18N4O. The van der Waals surface area contributed by atoms with Crippen molar-refractivity contribution in [1.82, 2.24) is 20.2 Å². The number of carbonyl (C=O) groups is 1. The molecule has 0 radical (unpaired) electrons. The zero-order chi connectivity index (χ0) is 14.4. The van der Waals surface area contributed by atoms with E-state index in [0.717, 1.165) is 30.5 Å². The second kappa shape index (κ2) is 4.77. The monoisotopic (exact) mass is 282 g/mol. The van der Waals surface area contributed by atoms with Crippen LogP contribution >= 0.6 is 0 Å². The van der Waals surface area contributed by atoms with Crippen molar-refractivity contribution in [2.24, 2.45) is 5.92 Å². The molecule has 3 heterocycles. The highest BCUT2D eigenvalue weighted by molar-refractivity contribution is 5.94. The van der Waals surface area contributed by atoms with Crippen molar-refractivity contribution < 1.29 is 4.79 Å². The van der Waals surface area contributed by atoms with Crippen LogP contribution in [0.4, 0.5) is 0 Å². The van der Waals surface area contributed by atoms with Gasteiger partial charge in [0.15, 0.2) is 0 Å². The van der Waals surface area contributed by atoms with Crippen LogP contribution in [0, 0.1) is 5.92 Å². The van der Waals surface area contributed by atoms with Crippen LogP contribution in [0.2, 0.25) is 0 Å². The van der Waals surface area contributed by atoms with E-state index in [-0.39, 0.29) is 11.9 Å². The van der Waals surface area contributed by atoms with Crippen LogP contribution < -0.4 is 5.32 Å². The van der Waals surface area contributed by atoms with Gasteiger partial charge in [-0.15, -0.1) is 0 Å². The molecule has 2 aliphatic rings. The molecule has 21 heavy (non-hydrogen) atoms. The van der Waals surface area contributed by atoms with Crippen molar-refractivity contribution in [3.8, 4) is 0 Å². The largest absolute Gasteiger partial charge is 0.330 e. The van der Waals surface area contributed by atoms with Crippen LogP contribution in [0.3, 0.4) is 0 Å². The number of likely N-dealkylation sites (tertiary alicyclic amines) is 1. The fourth-order valence-electron chi connectivity index (χ4n) is 3.71. The summed E-state index contributed by atoms with van der Waals surface area (Å²) < 4.78 is 0. The Bertz CT molecular complexity index is 701. The smallest absolute Gasteiger partial charge is 0.274 e. The van der Waals surface area contributed by atoms with E-state index in [2.05, 4.69) is 22.2 Å². The summed E-state index contributed by atoms with van der Waals surface area (Å²) >= 11 is 0. The minimum atomic E-state index is 0.0111. The molecule has 2 aliphatic heterocycles. The number of rotatable bonds is 1. The Balaban J connectivity index is 1.69. The van der Waals surface area contributed by atoms with Crippen LogP contribution in [-0.2, 0) is 0 Å². The SMILES string of the molecule is CC1CC2CNCC2N1C(=O)c1cnc2ccccc2n1. The van der Waals surface area contributed by atoms with Gasteiger partial charge in [-0.3, -0.25) is 9.78 Å². The lowest BCUT2D eigenvalue weighted by molar-refractivity contribution is 0.0676. The molecule has 2 aromatic rings. The molecule has 2 fully saturated rings. The molecule has 4 rings (SSSR count). The summed E-state index contributed by atoms with van der Waals surface area (Å²) in [6.07, 6.45) is 2.68. The fourth-order valence-corrected chi connectivity index (χ4v) is 3.71. The lowest BCUT2D eigenvalue weighted by Gasteiger charge is -2.27. The normalized spacial score (nSPS) is 28.0. The van der Waals surface area contributed by atoms with Gasteiger partial charge in [-0.05, 0) is 31.4 Å². The number of hydrogen-bond donors (Lipinski definition) is 1. The number of benzene rings is 1. The Kier molecular flexibility index (Phi) is 2.89. The van der Waals surface area contributed by atoms with Crippen molar-refractivity contribution in [2.75, 3.05) is 13.1 Å². The maximum atomic E-state index is 12.8. The number of amides is 1. The molecule has 0 saturated carbocycles. The summed E-state index contributed by atoms with van der Waals surface area (Å²) in [5.74, 6) is 0.592. The van der Waals surface area contributed by atoms with Crippen molar-refractivity contribution >= 4 is 16.9 Å². The first-order valence-corrected chi connectivity index (χ1v) is 7.49. The highest BCUT2D eigenvalue weighted by Gasteiger charge is 2.44. The number of aromatic nitrogens is 2. The Morgan fingerprint density at radius 3 is 2.95 bits per heavy atom. The number of nitrogens with one attached hydrogen (secondary N) is 1.